The molecule has 0 radical (unpaired) electrons. The Morgan fingerprint density at radius 3 is 2.53 bits per heavy atom. The van der Waals surface area contributed by atoms with Crippen molar-refractivity contribution in [3.05, 3.63) is 23.8 Å². The molecule has 2 heteroatoms. The molecular formula is C28H46O2. The Morgan fingerprint density at radius 1 is 1.10 bits per heavy atom. The third kappa shape index (κ3) is 3.54. The maximum Gasteiger partial charge on any atom is 0.0836 e. The summed E-state index contributed by atoms with van der Waals surface area (Å²) in [5, 5.41) is 20.7. The number of hydrogen-bond acceptors (Lipinski definition) is 2. The van der Waals surface area contributed by atoms with Crippen molar-refractivity contribution < 1.29 is 10.2 Å². The third-order valence-corrected chi connectivity index (χ3v) is 10.6. The summed E-state index contributed by atoms with van der Waals surface area (Å²) in [4.78, 5) is 0. The largest absolute Gasteiger partial charge is 0.390 e. The predicted octanol–water partition coefficient (Wildman–Crippen LogP) is 6.53. The van der Waals surface area contributed by atoms with Gasteiger partial charge in [0.15, 0.2) is 0 Å². The van der Waals surface area contributed by atoms with Gasteiger partial charge in [0.25, 0.3) is 0 Å². The van der Waals surface area contributed by atoms with E-state index in [4.69, 9.17) is 0 Å². The second kappa shape index (κ2) is 8.07. The molecule has 0 heterocycles. The molecule has 9 unspecified atom stereocenters. The minimum absolute atomic E-state index is 0.0988. The van der Waals surface area contributed by atoms with Crippen molar-refractivity contribution in [1.29, 1.82) is 0 Å². The zero-order valence-corrected chi connectivity index (χ0v) is 20.2. The molecule has 0 aromatic rings. The van der Waals surface area contributed by atoms with Crippen molar-refractivity contribution in [1.82, 2.24) is 0 Å². The minimum atomic E-state index is -0.563. The molecule has 0 aliphatic heterocycles. The van der Waals surface area contributed by atoms with Crippen molar-refractivity contribution in [3.63, 3.8) is 0 Å². The lowest BCUT2D eigenvalue weighted by Crippen LogP contribution is -2.53. The number of hydrogen-bond donors (Lipinski definition) is 2. The van der Waals surface area contributed by atoms with Crippen LogP contribution in [0.3, 0.4) is 0 Å². The third-order valence-electron chi connectivity index (χ3n) is 10.6. The van der Waals surface area contributed by atoms with E-state index in [1.807, 2.05) is 0 Å². The van der Waals surface area contributed by atoms with Gasteiger partial charge < -0.3 is 10.2 Å². The van der Waals surface area contributed by atoms with Crippen LogP contribution in [0.5, 0.6) is 0 Å². The highest BCUT2D eigenvalue weighted by atomic mass is 16.3. The first kappa shape index (κ1) is 22.6. The van der Waals surface area contributed by atoms with Gasteiger partial charge in [-0.2, -0.15) is 0 Å². The molecule has 0 aromatic carbocycles. The number of fused-ring (bicyclic) bond motifs is 5. The van der Waals surface area contributed by atoms with Crippen molar-refractivity contribution in [2.75, 3.05) is 0 Å². The van der Waals surface area contributed by atoms with E-state index in [0.717, 1.165) is 30.1 Å². The van der Waals surface area contributed by atoms with Crippen LogP contribution in [-0.4, -0.2) is 22.4 Å². The Hall–Kier alpha value is -0.600. The minimum Gasteiger partial charge on any atom is -0.390 e. The molecule has 30 heavy (non-hydrogen) atoms. The first-order valence-electron chi connectivity index (χ1n) is 12.8. The van der Waals surface area contributed by atoms with Gasteiger partial charge in [0.05, 0.1) is 12.2 Å². The normalized spacial score (nSPS) is 46.6. The van der Waals surface area contributed by atoms with E-state index < -0.39 is 12.2 Å². The Balaban J connectivity index is 1.50. The summed E-state index contributed by atoms with van der Waals surface area (Å²) >= 11 is 0. The summed E-state index contributed by atoms with van der Waals surface area (Å²) in [7, 11) is 0. The molecular weight excluding hydrogens is 368 g/mol. The molecule has 4 aliphatic carbocycles. The second-order valence-corrected chi connectivity index (χ2v) is 12.4. The summed E-state index contributed by atoms with van der Waals surface area (Å²) in [6.45, 7) is 16.4. The van der Waals surface area contributed by atoms with Crippen molar-refractivity contribution in [2.45, 2.75) is 105 Å². The lowest BCUT2D eigenvalue weighted by atomic mass is 9.46. The molecule has 0 bridgehead atoms. The van der Waals surface area contributed by atoms with E-state index >= 15 is 0 Å². The van der Waals surface area contributed by atoms with Gasteiger partial charge in [-0.05, 0) is 104 Å². The van der Waals surface area contributed by atoms with E-state index in [1.165, 1.54) is 56.1 Å². The van der Waals surface area contributed by atoms with Crippen molar-refractivity contribution >= 4 is 0 Å². The van der Waals surface area contributed by atoms with Gasteiger partial charge in [-0.15, -0.1) is 0 Å². The molecule has 9 atom stereocenters. The Kier molecular flexibility index (Phi) is 6.08. The highest BCUT2D eigenvalue weighted by molar-refractivity contribution is 5.26. The first-order valence-corrected chi connectivity index (χ1v) is 12.8. The van der Waals surface area contributed by atoms with Crippen LogP contribution < -0.4 is 0 Å². The Bertz CT molecular complexity index is 693. The van der Waals surface area contributed by atoms with Gasteiger partial charge in [0.2, 0.25) is 0 Å². The van der Waals surface area contributed by atoms with Crippen LogP contribution in [0.15, 0.2) is 23.8 Å². The Labute approximate surface area is 185 Å². The van der Waals surface area contributed by atoms with E-state index in [-0.39, 0.29) is 5.41 Å². The molecule has 2 nitrogen and oxygen atoms in total. The maximum atomic E-state index is 10.5. The number of aliphatic hydroxyl groups is 2. The quantitative estimate of drug-likeness (QED) is 0.502. The van der Waals surface area contributed by atoms with Crippen LogP contribution in [0.2, 0.25) is 0 Å². The fraction of sp³-hybridized carbons (Fsp3) is 0.857. The van der Waals surface area contributed by atoms with Gasteiger partial charge in [-0.25, -0.2) is 0 Å². The van der Waals surface area contributed by atoms with E-state index in [2.05, 4.69) is 47.3 Å². The second-order valence-electron chi connectivity index (χ2n) is 12.4. The molecule has 0 amide bonds. The van der Waals surface area contributed by atoms with Gasteiger partial charge >= 0.3 is 0 Å². The number of allylic oxidation sites excluding steroid dienone is 2. The van der Waals surface area contributed by atoms with Gasteiger partial charge in [-0.3, -0.25) is 0 Å². The van der Waals surface area contributed by atoms with Gasteiger partial charge in [-0.1, -0.05) is 58.4 Å². The monoisotopic (exact) mass is 414 g/mol. The maximum absolute atomic E-state index is 10.5. The predicted molar refractivity (Wildman–Crippen MR) is 125 cm³/mol. The summed E-state index contributed by atoms with van der Waals surface area (Å²) in [6.07, 6.45) is 11.9. The summed E-state index contributed by atoms with van der Waals surface area (Å²) in [6, 6.07) is 0. The van der Waals surface area contributed by atoms with Crippen LogP contribution in [0.25, 0.3) is 0 Å². The van der Waals surface area contributed by atoms with Crippen LogP contribution in [-0.2, 0) is 0 Å². The molecule has 4 rings (SSSR count). The molecule has 0 spiro atoms. The fourth-order valence-electron chi connectivity index (χ4n) is 8.57. The van der Waals surface area contributed by atoms with Gasteiger partial charge in [0.1, 0.15) is 0 Å². The standard InChI is InChI=1S/C28H46O2/c1-17(2)18(3)7-8-19(4)22-11-12-23-21-10-9-20-15-25(29)26(30)16-28(20,6)24(21)13-14-27(22,23)5/h9,17,19,21-26,29-30H,3,7-8,10-16H2,1-2,4-6H3. The number of rotatable bonds is 5. The topological polar surface area (TPSA) is 40.5 Å². The molecule has 3 saturated carbocycles. The smallest absolute Gasteiger partial charge is 0.0836 e. The van der Waals surface area contributed by atoms with Crippen LogP contribution in [0.1, 0.15) is 92.4 Å². The number of aliphatic hydroxyl groups excluding tert-OH is 2. The molecule has 0 aromatic heterocycles. The molecule has 4 aliphatic rings. The first-order chi connectivity index (χ1) is 14.1. The summed E-state index contributed by atoms with van der Waals surface area (Å²) in [5.41, 5.74) is 3.44. The highest BCUT2D eigenvalue weighted by Crippen LogP contribution is 2.67. The molecule has 0 saturated heterocycles. The van der Waals surface area contributed by atoms with E-state index in [9.17, 15) is 10.2 Å². The molecule has 2 N–H and O–H groups in total. The van der Waals surface area contributed by atoms with Crippen molar-refractivity contribution in [3.8, 4) is 0 Å². The van der Waals surface area contributed by atoms with E-state index in [0.29, 0.717) is 23.7 Å². The summed E-state index contributed by atoms with van der Waals surface area (Å²) < 4.78 is 0. The van der Waals surface area contributed by atoms with Gasteiger partial charge in [0, 0.05) is 0 Å². The zero-order valence-electron chi connectivity index (χ0n) is 20.2. The lowest BCUT2D eigenvalue weighted by molar-refractivity contribution is -0.0888. The van der Waals surface area contributed by atoms with Crippen LogP contribution in [0.4, 0.5) is 0 Å². The SMILES string of the molecule is C=C(CCC(C)C1CCC2C3CC=C4CC(O)C(O)CC4(C)C3CCC12C)C(C)C. The lowest BCUT2D eigenvalue weighted by Gasteiger charge is -2.59. The average molecular weight is 415 g/mol. The fourth-order valence-corrected chi connectivity index (χ4v) is 8.57. The average Bonchev–Trinajstić information content (AvgIpc) is 3.04. The molecule has 3 fully saturated rings. The highest BCUT2D eigenvalue weighted by Gasteiger charge is 2.59. The molecule has 170 valence electrons. The Morgan fingerprint density at radius 2 is 1.83 bits per heavy atom. The van der Waals surface area contributed by atoms with Crippen LogP contribution >= 0.6 is 0 Å². The summed E-state index contributed by atoms with van der Waals surface area (Å²) in [5.74, 6) is 4.52. The van der Waals surface area contributed by atoms with Crippen LogP contribution in [0, 0.1) is 46.3 Å². The zero-order chi connectivity index (χ0) is 21.8. The van der Waals surface area contributed by atoms with E-state index in [1.54, 1.807) is 0 Å². The van der Waals surface area contributed by atoms with Crippen molar-refractivity contribution in [2.24, 2.45) is 46.3 Å².